The second kappa shape index (κ2) is 8.58. The van der Waals surface area contributed by atoms with Crippen LogP contribution in [0.25, 0.3) is 0 Å². The van der Waals surface area contributed by atoms with Crippen molar-refractivity contribution in [3.63, 3.8) is 0 Å². The molecule has 3 aromatic rings. The number of hydrogen-bond acceptors (Lipinski definition) is 5. The van der Waals surface area contributed by atoms with Crippen molar-refractivity contribution in [3.8, 4) is 5.75 Å². The third kappa shape index (κ3) is 5.39. The van der Waals surface area contributed by atoms with E-state index >= 15 is 0 Å². The molecule has 0 aliphatic rings. The summed E-state index contributed by atoms with van der Waals surface area (Å²) in [5.74, 6) is 0.676. The van der Waals surface area contributed by atoms with E-state index in [0.717, 1.165) is 22.0 Å². The third-order valence-electron chi connectivity index (χ3n) is 3.76. The number of nitrogens with one attached hydrogen (secondary N) is 1. The molecule has 0 saturated heterocycles. The van der Waals surface area contributed by atoms with Crippen LogP contribution in [0.1, 0.15) is 27.5 Å². The summed E-state index contributed by atoms with van der Waals surface area (Å²) >= 11 is 1.49. The van der Waals surface area contributed by atoms with E-state index in [1.54, 1.807) is 6.20 Å². The van der Waals surface area contributed by atoms with Crippen LogP contribution in [-0.2, 0) is 24.4 Å². The molecule has 0 fully saturated rings. The molecule has 1 aromatic carbocycles. The number of thiazole rings is 1. The van der Waals surface area contributed by atoms with Crippen LogP contribution in [0.4, 0.5) is 0 Å². The normalized spacial score (nSPS) is 10.5. The van der Waals surface area contributed by atoms with Crippen molar-refractivity contribution < 1.29 is 9.53 Å². The molecule has 3 rings (SSSR count). The van der Waals surface area contributed by atoms with E-state index in [1.165, 1.54) is 16.9 Å². The lowest BCUT2D eigenvalue weighted by atomic mass is 10.1. The van der Waals surface area contributed by atoms with Gasteiger partial charge in [-0.25, -0.2) is 4.98 Å². The zero-order valence-electron chi connectivity index (χ0n) is 14.9. The number of ether oxygens (including phenoxy) is 1. The van der Waals surface area contributed by atoms with Crippen molar-refractivity contribution in [2.24, 2.45) is 0 Å². The fourth-order valence-corrected chi connectivity index (χ4v) is 3.14. The van der Waals surface area contributed by atoms with Crippen LogP contribution in [-0.4, -0.2) is 15.9 Å². The number of carbonyl (C=O) groups is 1. The SMILES string of the molecule is Cc1cccc(CNC(=O)Cc2csc(COc3ccc(C)nc3)n2)c1. The van der Waals surface area contributed by atoms with Gasteiger partial charge in [0, 0.05) is 17.6 Å². The molecule has 1 N–H and O–H groups in total. The van der Waals surface area contributed by atoms with E-state index < -0.39 is 0 Å². The molecule has 0 bridgehead atoms. The summed E-state index contributed by atoms with van der Waals surface area (Å²) in [6.07, 6.45) is 1.97. The summed E-state index contributed by atoms with van der Waals surface area (Å²) < 4.78 is 5.67. The Labute approximate surface area is 157 Å². The van der Waals surface area contributed by atoms with Gasteiger partial charge in [0.1, 0.15) is 17.4 Å². The van der Waals surface area contributed by atoms with E-state index in [4.69, 9.17) is 4.74 Å². The standard InChI is InChI=1S/C20H21N3O2S/c1-14-4-3-5-16(8-14)10-22-19(24)9-17-13-26-20(23-17)12-25-18-7-6-15(2)21-11-18/h3-8,11,13H,9-10,12H2,1-2H3,(H,22,24). The molecule has 0 radical (unpaired) electrons. The van der Waals surface area contributed by atoms with Crippen LogP contribution < -0.4 is 10.1 Å². The van der Waals surface area contributed by atoms with Gasteiger partial charge < -0.3 is 10.1 Å². The van der Waals surface area contributed by atoms with Gasteiger partial charge in [0.25, 0.3) is 0 Å². The molecule has 1 amide bonds. The second-order valence-electron chi connectivity index (χ2n) is 6.10. The summed E-state index contributed by atoms with van der Waals surface area (Å²) in [5, 5.41) is 5.67. The van der Waals surface area contributed by atoms with Gasteiger partial charge in [0.15, 0.2) is 0 Å². The highest BCUT2D eigenvalue weighted by atomic mass is 32.1. The highest BCUT2D eigenvalue weighted by Crippen LogP contribution is 2.15. The van der Waals surface area contributed by atoms with Crippen LogP contribution in [0.5, 0.6) is 5.75 Å². The van der Waals surface area contributed by atoms with Crippen LogP contribution in [0.3, 0.4) is 0 Å². The molecular formula is C20H21N3O2S. The Balaban J connectivity index is 1.46. The number of pyridine rings is 1. The Kier molecular flexibility index (Phi) is 5.96. The fourth-order valence-electron chi connectivity index (χ4n) is 2.43. The first kappa shape index (κ1) is 18.1. The summed E-state index contributed by atoms with van der Waals surface area (Å²) in [6, 6.07) is 11.9. The lowest BCUT2D eigenvalue weighted by Crippen LogP contribution is -2.24. The van der Waals surface area contributed by atoms with Crippen molar-refractivity contribution in [1.29, 1.82) is 0 Å². The Bertz CT molecular complexity index is 875. The summed E-state index contributed by atoms with van der Waals surface area (Å²) in [5.41, 5.74) is 3.99. The Morgan fingerprint density at radius 3 is 2.88 bits per heavy atom. The summed E-state index contributed by atoms with van der Waals surface area (Å²) in [4.78, 5) is 20.8. The minimum absolute atomic E-state index is 0.0352. The Morgan fingerprint density at radius 1 is 1.23 bits per heavy atom. The molecule has 2 aromatic heterocycles. The third-order valence-corrected chi connectivity index (χ3v) is 4.63. The van der Waals surface area contributed by atoms with Crippen molar-refractivity contribution in [2.45, 2.75) is 33.4 Å². The molecule has 2 heterocycles. The minimum atomic E-state index is -0.0352. The lowest BCUT2D eigenvalue weighted by Gasteiger charge is -2.05. The number of amides is 1. The number of aryl methyl sites for hydroxylation is 2. The van der Waals surface area contributed by atoms with Gasteiger partial charge in [-0.1, -0.05) is 29.8 Å². The molecule has 5 nitrogen and oxygen atoms in total. The van der Waals surface area contributed by atoms with E-state index in [9.17, 15) is 4.79 Å². The first-order chi connectivity index (χ1) is 12.6. The van der Waals surface area contributed by atoms with Crippen molar-refractivity contribution in [2.75, 3.05) is 0 Å². The van der Waals surface area contributed by atoms with Crippen molar-refractivity contribution >= 4 is 17.2 Å². The average molecular weight is 367 g/mol. The van der Waals surface area contributed by atoms with E-state index in [0.29, 0.717) is 18.9 Å². The fraction of sp³-hybridized carbons (Fsp3) is 0.250. The van der Waals surface area contributed by atoms with Gasteiger partial charge in [-0.05, 0) is 31.5 Å². The van der Waals surface area contributed by atoms with Gasteiger partial charge in [-0.2, -0.15) is 0 Å². The molecule has 134 valence electrons. The van der Waals surface area contributed by atoms with Gasteiger partial charge in [0.05, 0.1) is 18.3 Å². The van der Waals surface area contributed by atoms with Crippen LogP contribution in [0.2, 0.25) is 0 Å². The largest absolute Gasteiger partial charge is 0.485 e. The molecule has 0 saturated carbocycles. The maximum absolute atomic E-state index is 12.1. The number of nitrogens with zero attached hydrogens (tertiary/aromatic N) is 2. The number of carbonyl (C=O) groups excluding carboxylic acids is 1. The molecule has 0 aliphatic heterocycles. The molecule has 0 spiro atoms. The second-order valence-corrected chi connectivity index (χ2v) is 7.04. The van der Waals surface area contributed by atoms with E-state index in [-0.39, 0.29) is 12.3 Å². The molecular weight excluding hydrogens is 346 g/mol. The van der Waals surface area contributed by atoms with Gasteiger partial charge in [0.2, 0.25) is 5.91 Å². The smallest absolute Gasteiger partial charge is 0.226 e. The molecule has 26 heavy (non-hydrogen) atoms. The number of rotatable bonds is 7. The predicted molar refractivity (Wildman–Crippen MR) is 102 cm³/mol. The maximum Gasteiger partial charge on any atom is 0.226 e. The van der Waals surface area contributed by atoms with Crippen LogP contribution >= 0.6 is 11.3 Å². The van der Waals surface area contributed by atoms with Gasteiger partial charge >= 0.3 is 0 Å². The van der Waals surface area contributed by atoms with Crippen LogP contribution in [0.15, 0.2) is 48.0 Å². The van der Waals surface area contributed by atoms with Crippen LogP contribution in [0, 0.1) is 13.8 Å². The molecule has 6 heteroatoms. The number of hydrogen-bond donors (Lipinski definition) is 1. The summed E-state index contributed by atoms with van der Waals surface area (Å²) in [6.45, 7) is 4.87. The predicted octanol–water partition coefficient (Wildman–Crippen LogP) is 3.59. The highest BCUT2D eigenvalue weighted by molar-refractivity contribution is 7.09. The Hall–Kier alpha value is -2.73. The average Bonchev–Trinajstić information content (AvgIpc) is 3.07. The first-order valence-corrected chi connectivity index (χ1v) is 9.27. The zero-order valence-corrected chi connectivity index (χ0v) is 15.7. The number of aromatic nitrogens is 2. The Morgan fingerprint density at radius 2 is 2.12 bits per heavy atom. The first-order valence-electron chi connectivity index (χ1n) is 8.39. The zero-order chi connectivity index (χ0) is 18.4. The topological polar surface area (TPSA) is 64.1 Å². The molecule has 0 aliphatic carbocycles. The monoisotopic (exact) mass is 367 g/mol. The lowest BCUT2D eigenvalue weighted by molar-refractivity contribution is -0.120. The van der Waals surface area contributed by atoms with Gasteiger partial charge in [-0.3, -0.25) is 9.78 Å². The van der Waals surface area contributed by atoms with E-state index in [1.807, 2.05) is 49.6 Å². The van der Waals surface area contributed by atoms with E-state index in [2.05, 4.69) is 21.4 Å². The summed E-state index contributed by atoms with van der Waals surface area (Å²) in [7, 11) is 0. The minimum Gasteiger partial charge on any atom is -0.485 e. The highest BCUT2D eigenvalue weighted by Gasteiger charge is 2.08. The molecule has 0 unspecified atom stereocenters. The van der Waals surface area contributed by atoms with Crippen molar-refractivity contribution in [3.05, 3.63) is 75.5 Å². The quantitative estimate of drug-likeness (QED) is 0.693. The van der Waals surface area contributed by atoms with Gasteiger partial charge in [-0.15, -0.1) is 11.3 Å². The molecule has 0 atom stereocenters. The maximum atomic E-state index is 12.1. The number of benzene rings is 1. The van der Waals surface area contributed by atoms with Crippen molar-refractivity contribution in [1.82, 2.24) is 15.3 Å².